The molecule has 4 nitrogen and oxygen atoms in total. The molecule has 1 saturated heterocycles. The van der Waals surface area contributed by atoms with Crippen LogP contribution in [0.1, 0.15) is 19.3 Å². The average Bonchev–Trinajstić information content (AvgIpc) is 3.15. The summed E-state index contributed by atoms with van der Waals surface area (Å²) in [5.74, 6) is 1.24. The lowest BCUT2D eigenvalue weighted by molar-refractivity contribution is 0.181. The Kier molecular flexibility index (Phi) is 3.74. The monoisotopic (exact) mass is 319 g/mol. The third kappa shape index (κ3) is 2.38. The number of halogens is 1. The van der Waals surface area contributed by atoms with Gasteiger partial charge in [-0.1, -0.05) is 22.8 Å². The van der Waals surface area contributed by atoms with Crippen LogP contribution >= 0.6 is 11.6 Å². The van der Waals surface area contributed by atoms with E-state index in [-0.39, 0.29) is 0 Å². The third-order valence-corrected chi connectivity index (χ3v) is 5.87. The van der Waals surface area contributed by atoms with Crippen molar-refractivity contribution in [3.05, 3.63) is 29.3 Å². The van der Waals surface area contributed by atoms with Crippen molar-refractivity contribution in [1.82, 2.24) is 4.90 Å². The maximum Gasteiger partial charge on any atom is 0.0775 e. The van der Waals surface area contributed by atoms with Crippen molar-refractivity contribution in [3.8, 4) is 0 Å². The molecule has 0 amide bonds. The molecule has 3 aliphatic rings. The van der Waals surface area contributed by atoms with Crippen molar-refractivity contribution in [2.75, 3.05) is 31.1 Å². The molecule has 1 heterocycles. The minimum absolute atomic E-state index is 0.380. The normalized spacial score (nSPS) is 33.8. The van der Waals surface area contributed by atoms with Crippen molar-refractivity contribution in [1.29, 1.82) is 0 Å². The highest BCUT2D eigenvalue weighted by Crippen LogP contribution is 2.45. The Balaban J connectivity index is 1.44. The number of oxime groups is 1. The standard InChI is InChI=1S/C17H22ClN3O/c18-14-2-1-3-15(11-14)20-6-8-21(9-7-20)17-13-5-4-12(10-13)16(17)19-22/h1-3,11-13,17,22H,4-10H2/b19-16-/t12-,13-,17+/m0/s1. The van der Waals surface area contributed by atoms with E-state index in [9.17, 15) is 5.21 Å². The van der Waals surface area contributed by atoms with E-state index >= 15 is 0 Å². The van der Waals surface area contributed by atoms with E-state index in [0.717, 1.165) is 36.9 Å². The van der Waals surface area contributed by atoms with Crippen LogP contribution in [0.25, 0.3) is 0 Å². The first-order valence-electron chi connectivity index (χ1n) is 8.22. The molecule has 2 aliphatic carbocycles. The predicted octanol–water partition coefficient (Wildman–Crippen LogP) is 3.09. The molecule has 1 aliphatic heterocycles. The third-order valence-electron chi connectivity index (χ3n) is 5.64. The maximum atomic E-state index is 9.39. The first-order valence-corrected chi connectivity index (χ1v) is 8.60. The summed E-state index contributed by atoms with van der Waals surface area (Å²) in [6.07, 6.45) is 3.73. The van der Waals surface area contributed by atoms with Crippen molar-refractivity contribution in [2.45, 2.75) is 25.3 Å². The van der Waals surface area contributed by atoms with Crippen LogP contribution in [0, 0.1) is 11.8 Å². The van der Waals surface area contributed by atoms with Crippen LogP contribution in [0.2, 0.25) is 5.02 Å². The van der Waals surface area contributed by atoms with Crippen LogP contribution in [0.4, 0.5) is 5.69 Å². The summed E-state index contributed by atoms with van der Waals surface area (Å²) in [7, 11) is 0. The maximum absolute atomic E-state index is 9.39. The smallest absolute Gasteiger partial charge is 0.0775 e. The molecule has 118 valence electrons. The summed E-state index contributed by atoms with van der Waals surface area (Å²) in [5, 5.41) is 13.8. The summed E-state index contributed by atoms with van der Waals surface area (Å²) in [5.41, 5.74) is 2.25. The molecule has 22 heavy (non-hydrogen) atoms. The molecular formula is C17H22ClN3O. The number of fused-ring (bicyclic) bond motifs is 2. The summed E-state index contributed by atoms with van der Waals surface area (Å²) >= 11 is 6.10. The van der Waals surface area contributed by atoms with Crippen LogP contribution in [0.15, 0.2) is 29.4 Å². The van der Waals surface area contributed by atoms with Gasteiger partial charge in [0, 0.05) is 42.8 Å². The van der Waals surface area contributed by atoms with Crippen LogP contribution in [0.3, 0.4) is 0 Å². The van der Waals surface area contributed by atoms with Crippen LogP contribution in [-0.4, -0.2) is 48.0 Å². The zero-order valence-electron chi connectivity index (χ0n) is 12.7. The highest BCUT2D eigenvalue weighted by Gasteiger charge is 2.48. The molecule has 1 N–H and O–H groups in total. The molecule has 4 rings (SSSR count). The number of hydrogen-bond acceptors (Lipinski definition) is 4. The van der Waals surface area contributed by atoms with Gasteiger partial charge < -0.3 is 10.1 Å². The summed E-state index contributed by atoms with van der Waals surface area (Å²) in [6.45, 7) is 4.07. The number of benzene rings is 1. The van der Waals surface area contributed by atoms with Gasteiger partial charge in [-0.15, -0.1) is 0 Å². The molecule has 3 atom stereocenters. The van der Waals surface area contributed by atoms with E-state index in [1.54, 1.807) is 0 Å². The zero-order valence-corrected chi connectivity index (χ0v) is 13.4. The van der Waals surface area contributed by atoms with Gasteiger partial charge in [-0.05, 0) is 43.4 Å². The van der Waals surface area contributed by atoms with Gasteiger partial charge in [0.1, 0.15) is 0 Å². The second kappa shape index (κ2) is 5.74. The van der Waals surface area contributed by atoms with Crippen LogP contribution in [-0.2, 0) is 0 Å². The lowest BCUT2D eigenvalue weighted by Gasteiger charge is -2.41. The Morgan fingerprint density at radius 3 is 2.68 bits per heavy atom. The van der Waals surface area contributed by atoms with Crippen molar-refractivity contribution in [3.63, 3.8) is 0 Å². The Morgan fingerprint density at radius 1 is 1.14 bits per heavy atom. The minimum Gasteiger partial charge on any atom is -0.411 e. The van der Waals surface area contributed by atoms with E-state index in [1.165, 1.54) is 24.9 Å². The summed E-state index contributed by atoms with van der Waals surface area (Å²) in [6, 6.07) is 8.47. The SMILES string of the molecule is O/N=C1/[C@H]2CC[C@@H](C2)[C@H]1N1CCN(c2cccc(Cl)c2)CC1. The van der Waals surface area contributed by atoms with Crippen LogP contribution in [0.5, 0.6) is 0 Å². The molecule has 0 unspecified atom stereocenters. The van der Waals surface area contributed by atoms with Crippen molar-refractivity contribution in [2.24, 2.45) is 17.0 Å². The van der Waals surface area contributed by atoms with Gasteiger partial charge in [0.25, 0.3) is 0 Å². The zero-order chi connectivity index (χ0) is 15.1. The Morgan fingerprint density at radius 2 is 1.95 bits per heavy atom. The Bertz CT molecular complexity index is 583. The van der Waals surface area contributed by atoms with Gasteiger partial charge in [0.05, 0.1) is 11.8 Å². The number of anilines is 1. The number of hydrogen-bond donors (Lipinski definition) is 1. The molecule has 1 aromatic rings. The van der Waals surface area contributed by atoms with Crippen molar-refractivity contribution < 1.29 is 5.21 Å². The Labute approximate surface area is 136 Å². The van der Waals surface area contributed by atoms with Gasteiger partial charge in [0.15, 0.2) is 0 Å². The van der Waals surface area contributed by atoms with Gasteiger partial charge >= 0.3 is 0 Å². The summed E-state index contributed by atoms with van der Waals surface area (Å²) < 4.78 is 0. The molecule has 1 aromatic carbocycles. The second-order valence-corrected chi connectivity index (χ2v) is 7.18. The van der Waals surface area contributed by atoms with Gasteiger partial charge in [-0.3, -0.25) is 4.90 Å². The second-order valence-electron chi connectivity index (χ2n) is 6.74. The van der Waals surface area contributed by atoms with E-state index in [2.05, 4.69) is 21.0 Å². The molecule has 2 bridgehead atoms. The number of piperazine rings is 1. The number of rotatable bonds is 2. The van der Waals surface area contributed by atoms with E-state index in [1.807, 2.05) is 18.2 Å². The lowest BCUT2D eigenvalue weighted by atomic mass is 9.91. The average molecular weight is 320 g/mol. The molecule has 2 saturated carbocycles. The molecular weight excluding hydrogens is 298 g/mol. The lowest BCUT2D eigenvalue weighted by Crippen LogP contribution is -2.54. The molecule has 3 fully saturated rings. The van der Waals surface area contributed by atoms with Crippen molar-refractivity contribution >= 4 is 23.0 Å². The molecule has 0 aromatic heterocycles. The van der Waals surface area contributed by atoms with Crippen LogP contribution < -0.4 is 4.90 Å². The fraction of sp³-hybridized carbons (Fsp3) is 0.588. The highest BCUT2D eigenvalue weighted by molar-refractivity contribution is 6.30. The number of nitrogens with zero attached hydrogens (tertiary/aromatic N) is 3. The highest BCUT2D eigenvalue weighted by atomic mass is 35.5. The van der Waals surface area contributed by atoms with Gasteiger partial charge in [0.2, 0.25) is 0 Å². The molecule has 0 radical (unpaired) electrons. The molecule has 0 spiro atoms. The first kappa shape index (κ1) is 14.3. The van der Waals surface area contributed by atoms with E-state index in [0.29, 0.717) is 17.9 Å². The fourth-order valence-corrected chi connectivity index (χ4v) is 4.80. The first-order chi connectivity index (χ1) is 10.8. The largest absolute Gasteiger partial charge is 0.411 e. The van der Waals surface area contributed by atoms with E-state index in [4.69, 9.17) is 11.6 Å². The predicted molar refractivity (Wildman–Crippen MR) is 89.1 cm³/mol. The quantitative estimate of drug-likeness (QED) is 0.672. The Hall–Kier alpha value is -1.26. The van der Waals surface area contributed by atoms with Gasteiger partial charge in [-0.2, -0.15) is 0 Å². The van der Waals surface area contributed by atoms with Gasteiger partial charge in [-0.25, -0.2) is 0 Å². The topological polar surface area (TPSA) is 39.1 Å². The minimum atomic E-state index is 0.380. The molecule has 5 heteroatoms. The summed E-state index contributed by atoms with van der Waals surface area (Å²) in [4.78, 5) is 4.92. The van der Waals surface area contributed by atoms with E-state index < -0.39 is 0 Å². The fourth-order valence-electron chi connectivity index (χ4n) is 4.61.